The van der Waals surface area contributed by atoms with E-state index in [4.69, 9.17) is 33.2 Å². The van der Waals surface area contributed by atoms with Gasteiger partial charge in [-0.05, 0) is 6.42 Å². The number of aliphatic hydroxyl groups is 2. The fourth-order valence-electron chi connectivity index (χ4n) is 3.06. The molecular formula is C18H30O9. The Kier molecular flexibility index (Phi) is 6.96. The molecule has 0 amide bonds. The summed E-state index contributed by atoms with van der Waals surface area (Å²) in [4.78, 5) is 0. The smallest absolute Gasteiger partial charge is 0.104 e. The molecule has 8 unspecified atom stereocenters. The Labute approximate surface area is 158 Å². The SMILES string of the molecule is OC(COCC1CO1)C(O)C(CC1CO1)C(COCC1CO1)OCC1CO1. The molecule has 0 radical (unpaired) electrons. The van der Waals surface area contributed by atoms with Crippen LogP contribution in [0.4, 0.5) is 0 Å². The molecule has 0 aliphatic carbocycles. The van der Waals surface area contributed by atoms with Crippen LogP contribution < -0.4 is 0 Å². The summed E-state index contributed by atoms with van der Waals surface area (Å²) in [6.07, 6.45) is -1.29. The van der Waals surface area contributed by atoms with Crippen LogP contribution in [0.2, 0.25) is 0 Å². The first-order valence-corrected chi connectivity index (χ1v) is 9.78. The first kappa shape index (κ1) is 19.9. The number of hydrogen-bond acceptors (Lipinski definition) is 9. The predicted molar refractivity (Wildman–Crippen MR) is 90.5 cm³/mol. The quantitative estimate of drug-likeness (QED) is 0.311. The van der Waals surface area contributed by atoms with E-state index in [9.17, 15) is 10.2 Å². The zero-order chi connectivity index (χ0) is 18.6. The van der Waals surface area contributed by atoms with Gasteiger partial charge in [-0.25, -0.2) is 0 Å². The van der Waals surface area contributed by atoms with Gasteiger partial charge in [-0.15, -0.1) is 0 Å². The van der Waals surface area contributed by atoms with Crippen LogP contribution in [0.1, 0.15) is 6.42 Å². The van der Waals surface area contributed by atoms with Crippen molar-refractivity contribution in [3.05, 3.63) is 0 Å². The van der Waals surface area contributed by atoms with Crippen molar-refractivity contribution < 1.29 is 43.4 Å². The van der Waals surface area contributed by atoms with Crippen LogP contribution in [0.25, 0.3) is 0 Å². The molecule has 4 heterocycles. The highest BCUT2D eigenvalue weighted by atomic mass is 16.6. The van der Waals surface area contributed by atoms with Crippen LogP contribution >= 0.6 is 0 Å². The summed E-state index contributed by atoms with van der Waals surface area (Å²) in [7, 11) is 0. The van der Waals surface area contributed by atoms with Gasteiger partial charge in [0.05, 0.1) is 77.8 Å². The van der Waals surface area contributed by atoms with E-state index in [0.717, 1.165) is 6.61 Å². The lowest BCUT2D eigenvalue weighted by Crippen LogP contribution is -2.46. The molecule has 0 spiro atoms. The van der Waals surface area contributed by atoms with Crippen LogP contribution in [0, 0.1) is 5.92 Å². The first-order chi connectivity index (χ1) is 13.2. The average molecular weight is 390 g/mol. The molecule has 0 aromatic heterocycles. The summed E-state index contributed by atoms with van der Waals surface area (Å²) >= 11 is 0. The molecule has 2 N–H and O–H groups in total. The van der Waals surface area contributed by atoms with Gasteiger partial charge < -0.3 is 43.4 Å². The van der Waals surface area contributed by atoms with E-state index in [1.807, 2.05) is 0 Å². The minimum absolute atomic E-state index is 0.0538. The summed E-state index contributed by atoms with van der Waals surface area (Å²) in [6, 6.07) is 0. The molecule has 4 rings (SSSR count). The highest BCUT2D eigenvalue weighted by molar-refractivity contribution is 4.88. The van der Waals surface area contributed by atoms with Crippen molar-refractivity contribution in [2.45, 2.75) is 49.1 Å². The lowest BCUT2D eigenvalue weighted by molar-refractivity contribution is -0.123. The maximum Gasteiger partial charge on any atom is 0.104 e. The molecular weight excluding hydrogens is 360 g/mol. The van der Waals surface area contributed by atoms with E-state index in [-0.39, 0.29) is 43.0 Å². The maximum absolute atomic E-state index is 10.8. The first-order valence-electron chi connectivity index (χ1n) is 9.78. The van der Waals surface area contributed by atoms with Crippen molar-refractivity contribution in [3.63, 3.8) is 0 Å². The summed E-state index contributed by atoms with van der Waals surface area (Å²) in [5, 5.41) is 21.2. The van der Waals surface area contributed by atoms with Crippen LogP contribution in [-0.4, -0.2) is 112 Å². The van der Waals surface area contributed by atoms with E-state index in [2.05, 4.69) is 0 Å². The Hall–Kier alpha value is -0.360. The molecule has 9 nitrogen and oxygen atoms in total. The standard InChI is InChI=1S/C18H30O9/c19-16(9-21-2-12-5-24-12)18(20)15(1-11-4-23-11)17(27-8-14-7-26-14)10-22-3-13-6-25-13/h11-20H,1-10H2. The number of aliphatic hydroxyl groups excluding tert-OH is 2. The number of hydrogen-bond donors (Lipinski definition) is 2. The van der Waals surface area contributed by atoms with Gasteiger partial charge in [-0.3, -0.25) is 0 Å². The fraction of sp³-hybridized carbons (Fsp3) is 1.00. The summed E-state index contributed by atoms with van der Waals surface area (Å²) in [5.41, 5.74) is 0. The predicted octanol–water partition coefficient (Wildman–Crippen LogP) is -1.27. The number of ether oxygens (including phenoxy) is 7. The van der Waals surface area contributed by atoms with Crippen molar-refractivity contribution in [1.29, 1.82) is 0 Å². The van der Waals surface area contributed by atoms with Gasteiger partial charge in [0.1, 0.15) is 24.4 Å². The molecule has 9 heteroatoms. The maximum atomic E-state index is 10.8. The Morgan fingerprint density at radius 1 is 0.741 bits per heavy atom. The second-order valence-electron chi connectivity index (χ2n) is 7.73. The van der Waals surface area contributed by atoms with Gasteiger partial charge in [-0.1, -0.05) is 0 Å². The zero-order valence-corrected chi connectivity index (χ0v) is 15.4. The van der Waals surface area contributed by atoms with E-state index in [1.54, 1.807) is 0 Å². The highest BCUT2D eigenvalue weighted by Gasteiger charge is 2.40. The summed E-state index contributed by atoms with van der Waals surface area (Å²) in [6.45, 7) is 4.56. The molecule has 8 atom stereocenters. The van der Waals surface area contributed by atoms with E-state index in [0.29, 0.717) is 52.7 Å². The number of epoxide rings is 4. The Morgan fingerprint density at radius 2 is 1.26 bits per heavy atom. The monoisotopic (exact) mass is 390 g/mol. The third-order valence-electron chi connectivity index (χ3n) is 5.13. The molecule has 4 saturated heterocycles. The lowest BCUT2D eigenvalue weighted by Gasteiger charge is -2.33. The third-order valence-corrected chi connectivity index (χ3v) is 5.13. The summed E-state index contributed by atoms with van der Waals surface area (Å²) < 4.78 is 38.0. The van der Waals surface area contributed by atoms with E-state index >= 15 is 0 Å². The Morgan fingerprint density at radius 3 is 1.81 bits per heavy atom. The van der Waals surface area contributed by atoms with Gasteiger partial charge in [0, 0.05) is 5.92 Å². The van der Waals surface area contributed by atoms with Crippen molar-refractivity contribution in [1.82, 2.24) is 0 Å². The van der Waals surface area contributed by atoms with E-state index in [1.165, 1.54) is 0 Å². The van der Waals surface area contributed by atoms with Crippen LogP contribution in [0.3, 0.4) is 0 Å². The minimum atomic E-state index is -1.01. The van der Waals surface area contributed by atoms with Crippen LogP contribution in [0.15, 0.2) is 0 Å². The van der Waals surface area contributed by atoms with Crippen molar-refractivity contribution >= 4 is 0 Å². The van der Waals surface area contributed by atoms with Gasteiger partial charge in [-0.2, -0.15) is 0 Å². The van der Waals surface area contributed by atoms with Crippen molar-refractivity contribution in [2.24, 2.45) is 5.92 Å². The highest BCUT2D eigenvalue weighted by Crippen LogP contribution is 2.29. The lowest BCUT2D eigenvalue weighted by atomic mass is 9.88. The Bertz CT molecular complexity index is 448. The second-order valence-corrected chi connectivity index (χ2v) is 7.73. The molecule has 4 fully saturated rings. The number of rotatable bonds is 16. The topological polar surface area (TPSA) is 118 Å². The van der Waals surface area contributed by atoms with Gasteiger partial charge in [0.15, 0.2) is 0 Å². The molecule has 0 aromatic carbocycles. The molecule has 0 aromatic rings. The third kappa shape index (κ3) is 7.19. The van der Waals surface area contributed by atoms with Crippen LogP contribution in [0.5, 0.6) is 0 Å². The molecule has 156 valence electrons. The minimum Gasteiger partial charge on any atom is -0.390 e. The van der Waals surface area contributed by atoms with Gasteiger partial charge in [0.2, 0.25) is 0 Å². The fourth-order valence-corrected chi connectivity index (χ4v) is 3.06. The summed E-state index contributed by atoms with van der Waals surface area (Å²) in [5.74, 6) is -0.327. The molecule has 4 aliphatic rings. The molecule has 27 heavy (non-hydrogen) atoms. The van der Waals surface area contributed by atoms with Gasteiger partial charge in [0.25, 0.3) is 0 Å². The van der Waals surface area contributed by atoms with E-state index < -0.39 is 12.2 Å². The normalized spacial score (nSPS) is 35.3. The Balaban J connectivity index is 1.30. The second kappa shape index (κ2) is 9.43. The van der Waals surface area contributed by atoms with Crippen LogP contribution in [-0.2, 0) is 33.2 Å². The molecule has 0 saturated carbocycles. The van der Waals surface area contributed by atoms with Crippen molar-refractivity contribution in [2.75, 3.05) is 59.5 Å². The molecule has 0 bridgehead atoms. The molecule has 4 aliphatic heterocycles. The van der Waals surface area contributed by atoms with Crippen molar-refractivity contribution in [3.8, 4) is 0 Å². The van der Waals surface area contributed by atoms with Gasteiger partial charge >= 0.3 is 0 Å². The largest absolute Gasteiger partial charge is 0.390 e. The average Bonchev–Trinajstić information content (AvgIpc) is 3.47. The zero-order valence-electron chi connectivity index (χ0n) is 15.4.